The minimum Gasteiger partial charge on any atom is -0.368 e. The summed E-state index contributed by atoms with van der Waals surface area (Å²) in [6.07, 6.45) is 1.54. The highest BCUT2D eigenvalue weighted by Crippen LogP contribution is 2.24. The fourth-order valence-electron chi connectivity index (χ4n) is 2.44. The monoisotopic (exact) mass is 305 g/mol. The average molecular weight is 306 g/mol. The Morgan fingerprint density at radius 3 is 2.38 bits per heavy atom. The topological polar surface area (TPSA) is 115 Å². The minimum absolute atomic E-state index is 0.151. The first-order chi connectivity index (χ1) is 10.1. The number of rotatable bonds is 3. The molecule has 1 aliphatic heterocycles. The highest BCUT2D eigenvalue weighted by atomic mass is 35.5. The van der Waals surface area contributed by atoms with Gasteiger partial charge in [-0.2, -0.15) is 15.0 Å². The summed E-state index contributed by atoms with van der Waals surface area (Å²) < 4.78 is 0. The Morgan fingerprint density at radius 1 is 1.05 bits per heavy atom. The third-order valence-electron chi connectivity index (χ3n) is 3.40. The van der Waals surface area contributed by atoms with Crippen LogP contribution in [0.25, 0.3) is 0 Å². The lowest BCUT2D eigenvalue weighted by Gasteiger charge is -2.09. The first kappa shape index (κ1) is 14.0. The molecule has 1 saturated heterocycles. The third kappa shape index (κ3) is 3.38. The van der Waals surface area contributed by atoms with Crippen LogP contribution in [-0.2, 0) is 6.42 Å². The van der Waals surface area contributed by atoms with Gasteiger partial charge < -0.3 is 11.5 Å². The molecule has 7 nitrogen and oxygen atoms in total. The average Bonchev–Trinajstić information content (AvgIpc) is 2.87. The minimum atomic E-state index is 0.151. The van der Waals surface area contributed by atoms with Crippen molar-refractivity contribution in [3.63, 3.8) is 0 Å². The zero-order valence-corrected chi connectivity index (χ0v) is 12.0. The molecule has 0 radical (unpaired) electrons. The van der Waals surface area contributed by atoms with Gasteiger partial charge in [0.25, 0.3) is 0 Å². The maximum Gasteiger partial charge on any atom is 0.225 e. The molecule has 6 N–H and O–H groups in total. The maximum atomic E-state index is 5.90. The van der Waals surface area contributed by atoms with E-state index in [4.69, 9.17) is 23.1 Å². The first-order valence-corrected chi connectivity index (χ1v) is 7.00. The number of halogens is 1. The summed E-state index contributed by atoms with van der Waals surface area (Å²) in [5, 5.41) is 0.734. The molecule has 1 aliphatic rings. The SMILES string of the molecule is Nc1nc(N)nc(CC2CC(c3ccc(Cl)cc3)NN2)n1. The largest absolute Gasteiger partial charge is 0.368 e. The van der Waals surface area contributed by atoms with Gasteiger partial charge in [0.1, 0.15) is 5.82 Å². The Balaban J connectivity index is 1.65. The number of nitrogen functional groups attached to an aromatic ring is 2. The number of nitrogens with zero attached hydrogens (tertiary/aromatic N) is 3. The number of nitrogens with one attached hydrogen (secondary N) is 2. The molecule has 2 aromatic rings. The van der Waals surface area contributed by atoms with Gasteiger partial charge in [-0.15, -0.1) is 0 Å². The van der Waals surface area contributed by atoms with Crippen LogP contribution >= 0.6 is 11.6 Å². The highest BCUT2D eigenvalue weighted by Gasteiger charge is 2.26. The Bertz CT molecular complexity index is 611. The van der Waals surface area contributed by atoms with Crippen LogP contribution in [0.1, 0.15) is 23.9 Å². The fourth-order valence-corrected chi connectivity index (χ4v) is 2.56. The van der Waals surface area contributed by atoms with Gasteiger partial charge in [-0.05, 0) is 24.1 Å². The number of hydrogen-bond donors (Lipinski definition) is 4. The van der Waals surface area contributed by atoms with E-state index >= 15 is 0 Å². The van der Waals surface area contributed by atoms with E-state index in [0.717, 1.165) is 11.4 Å². The molecule has 1 aromatic carbocycles. The molecule has 8 heteroatoms. The molecular formula is C13H16ClN7. The molecule has 1 aromatic heterocycles. The molecular weight excluding hydrogens is 290 g/mol. The van der Waals surface area contributed by atoms with E-state index in [1.54, 1.807) is 0 Å². The summed E-state index contributed by atoms with van der Waals surface area (Å²) >= 11 is 5.90. The Morgan fingerprint density at radius 2 is 1.71 bits per heavy atom. The summed E-state index contributed by atoms with van der Waals surface area (Å²) in [5.41, 5.74) is 18.8. The van der Waals surface area contributed by atoms with Crippen molar-refractivity contribution in [2.45, 2.75) is 24.9 Å². The van der Waals surface area contributed by atoms with Crippen LogP contribution in [0.3, 0.4) is 0 Å². The molecule has 110 valence electrons. The second-order valence-electron chi connectivity index (χ2n) is 5.00. The van der Waals surface area contributed by atoms with Crippen molar-refractivity contribution in [2.75, 3.05) is 11.5 Å². The zero-order chi connectivity index (χ0) is 14.8. The second kappa shape index (κ2) is 5.80. The predicted molar refractivity (Wildman–Crippen MR) is 81.2 cm³/mol. The standard InChI is InChI=1S/C13H16ClN7/c14-8-3-1-7(2-4-8)10-5-9(20-21-10)6-11-17-12(15)19-13(16)18-11/h1-4,9-10,20-21H,5-6H2,(H4,15,16,17,18,19). The summed E-state index contributed by atoms with van der Waals surface area (Å²) in [6, 6.07) is 8.24. The van der Waals surface area contributed by atoms with Gasteiger partial charge >= 0.3 is 0 Å². The number of benzene rings is 1. The van der Waals surface area contributed by atoms with Crippen molar-refractivity contribution in [1.29, 1.82) is 0 Å². The van der Waals surface area contributed by atoms with Crippen LogP contribution < -0.4 is 22.3 Å². The number of aromatic nitrogens is 3. The maximum absolute atomic E-state index is 5.90. The highest BCUT2D eigenvalue weighted by molar-refractivity contribution is 6.30. The summed E-state index contributed by atoms with van der Waals surface area (Å²) in [5.74, 6) is 0.895. The van der Waals surface area contributed by atoms with E-state index in [0.29, 0.717) is 12.2 Å². The first-order valence-electron chi connectivity index (χ1n) is 6.62. The molecule has 2 heterocycles. The van der Waals surface area contributed by atoms with Gasteiger partial charge in [-0.1, -0.05) is 23.7 Å². The number of nitrogens with two attached hydrogens (primary N) is 2. The second-order valence-corrected chi connectivity index (χ2v) is 5.43. The fraction of sp³-hybridized carbons (Fsp3) is 0.308. The molecule has 0 aliphatic carbocycles. The van der Waals surface area contributed by atoms with Crippen molar-refractivity contribution in [3.8, 4) is 0 Å². The van der Waals surface area contributed by atoms with Crippen LogP contribution in [0, 0.1) is 0 Å². The molecule has 0 spiro atoms. The zero-order valence-electron chi connectivity index (χ0n) is 11.3. The lowest BCUT2D eigenvalue weighted by Crippen LogP contribution is -2.32. The van der Waals surface area contributed by atoms with Gasteiger partial charge in [0, 0.05) is 23.5 Å². The summed E-state index contributed by atoms with van der Waals surface area (Å²) in [6.45, 7) is 0. The molecule has 0 bridgehead atoms. The Labute approximate surface area is 127 Å². The molecule has 21 heavy (non-hydrogen) atoms. The van der Waals surface area contributed by atoms with Crippen LogP contribution in [0.4, 0.5) is 11.9 Å². The van der Waals surface area contributed by atoms with E-state index in [1.165, 1.54) is 5.56 Å². The van der Waals surface area contributed by atoms with E-state index in [2.05, 4.69) is 25.8 Å². The van der Waals surface area contributed by atoms with Crippen LogP contribution in [-0.4, -0.2) is 21.0 Å². The summed E-state index contributed by atoms with van der Waals surface area (Å²) in [4.78, 5) is 12.0. The van der Waals surface area contributed by atoms with E-state index < -0.39 is 0 Å². The number of anilines is 2. The van der Waals surface area contributed by atoms with E-state index in [9.17, 15) is 0 Å². The van der Waals surface area contributed by atoms with Gasteiger partial charge in [-0.25, -0.2) is 0 Å². The smallest absolute Gasteiger partial charge is 0.225 e. The molecule has 2 unspecified atom stereocenters. The van der Waals surface area contributed by atoms with E-state index in [1.807, 2.05) is 24.3 Å². The quantitative estimate of drug-likeness (QED) is 0.664. The Kier molecular flexibility index (Phi) is 3.87. The van der Waals surface area contributed by atoms with Gasteiger partial charge in [0.2, 0.25) is 11.9 Å². The Hall–Kier alpha value is -1.96. The van der Waals surface area contributed by atoms with Crippen molar-refractivity contribution in [3.05, 3.63) is 40.7 Å². The molecule has 1 fully saturated rings. The normalized spacial score (nSPS) is 21.6. The van der Waals surface area contributed by atoms with Gasteiger partial charge in [0.15, 0.2) is 0 Å². The lowest BCUT2D eigenvalue weighted by molar-refractivity contribution is 0.532. The third-order valence-corrected chi connectivity index (χ3v) is 3.65. The molecule has 2 atom stereocenters. The van der Waals surface area contributed by atoms with Gasteiger partial charge in [-0.3, -0.25) is 10.9 Å². The lowest BCUT2D eigenvalue weighted by atomic mass is 10.0. The predicted octanol–water partition coefficient (Wildman–Crippen LogP) is 0.840. The van der Waals surface area contributed by atoms with Gasteiger partial charge in [0.05, 0.1) is 0 Å². The summed E-state index contributed by atoms with van der Waals surface area (Å²) in [7, 11) is 0. The van der Waals surface area contributed by atoms with Crippen LogP contribution in [0.2, 0.25) is 5.02 Å². The molecule has 0 amide bonds. The van der Waals surface area contributed by atoms with Crippen LogP contribution in [0.15, 0.2) is 24.3 Å². The van der Waals surface area contributed by atoms with Crippen molar-refractivity contribution < 1.29 is 0 Å². The van der Waals surface area contributed by atoms with Crippen LogP contribution in [0.5, 0.6) is 0 Å². The van der Waals surface area contributed by atoms with Crippen molar-refractivity contribution >= 4 is 23.5 Å². The molecule has 0 saturated carbocycles. The number of hydrazine groups is 1. The van der Waals surface area contributed by atoms with Crippen molar-refractivity contribution in [2.24, 2.45) is 0 Å². The van der Waals surface area contributed by atoms with E-state index in [-0.39, 0.29) is 24.0 Å². The molecule has 3 rings (SSSR count). The van der Waals surface area contributed by atoms with Crippen molar-refractivity contribution in [1.82, 2.24) is 25.8 Å². The number of hydrogen-bond acceptors (Lipinski definition) is 7.